The molecule has 3 heterocycles. The van der Waals surface area contributed by atoms with Crippen LogP contribution < -0.4 is 5.73 Å². The molecule has 0 spiro atoms. The highest BCUT2D eigenvalue weighted by Crippen LogP contribution is 2.26. The molecule has 2 atom stereocenters. The fourth-order valence-electron chi connectivity index (χ4n) is 2.11. The summed E-state index contributed by atoms with van der Waals surface area (Å²) in [4.78, 5) is 12.3. The van der Waals surface area contributed by atoms with Crippen LogP contribution in [0.15, 0.2) is 12.5 Å². The number of fused-ring (bicyclic) bond motifs is 1. The summed E-state index contributed by atoms with van der Waals surface area (Å²) >= 11 is 0. The van der Waals surface area contributed by atoms with Crippen molar-refractivity contribution in [1.29, 1.82) is 0 Å². The number of anilines is 1. The first-order valence-electron chi connectivity index (χ1n) is 5.45. The van der Waals surface area contributed by atoms with Crippen molar-refractivity contribution in [2.45, 2.75) is 18.6 Å². The number of nitrogens with two attached hydrogens (primary N) is 1. The summed E-state index contributed by atoms with van der Waals surface area (Å²) in [6.45, 7) is 0.598. The van der Waals surface area contributed by atoms with E-state index in [1.165, 1.54) is 0 Å². The number of aromatic nitrogens is 4. The van der Waals surface area contributed by atoms with Gasteiger partial charge in [-0.3, -0.25) is 0 Å². The van der Waals surface area contributed by atoms with Gasteiger partial charge in [-0.25, -0.2) is 9.97 Å². The zero-order valence-electron chi connectivity index (χ0n) is 9.15. The maximum atomic E-state index is 9.04. The van der Waals surface area contributed by atoms with Gasteiger partial charge in [0.1, 0.15) is 5.52 Å². The van der Waals surface area contributed by atoms with Gasteiger partial charge in [-0.2, -0.15) is 4.98 Å². The number of imidazole rings is 1. The number of hydrogen-bond acceptors (Lipinski definition) is 6. The van der Waals surface area contributed by atoms with Crippen LogP contribution in [0.25, 0.3) is 11.2 Å². The van der Waals surface area contributed by atoms with Crippen molar-refractivity contribution in [3.8, 4) is 0 Å². The molecule has 2 aromatic heterocycles. The summed E-state index contributed by atoms with van der Waals surface area (Å²) < 4.78 is 7.38. The van der Waals surface area contributed by atoms with E-state index in [1.54, 1.807) is 12.5 Å². The van der Waals surface area contributed by atoms with Gasteiger partial charge >= 0.3 is 0 Å². The van der Waals surface area contributed by atoms with Gasteiger partial charge < -0.3 is 20.1 Å². The monoisotopic (exact) mass is 235 g/mol. The molecule has 3 rings (SSSR count). The van der Waals surface area contributed by atoms with Crippen molar-refractivity contribution < 1.29 is 9.84 Å². The summed E-state index contributed by atoms with van der Waals surface area (Å²) in [5, 5.41) is 9.04. The van der Waals surface area contributed by atoms with Gasteiger partial charge in [-0.05, 0) is 6.42 Å². The Kier molecular flexibility index (Phi) is 2.41. The van der Waals surface area contributed by atoms with Gasteiger partial charge in [0.2, 0.25) is 5.95 Å². The van der Waals surface area contributed by atoms with Gasteiger partial charge in [-0.1, -0.05) is 0 Å². The molecule has 2 aromatic rings. The van der Waals surface area contributed by atoms with E-state index in [9.17, 15) is 0 Å². The van der Waals surface area contributed by atoms with Crippen molar-refractivity contribution in [3.63, 3.8) is 0 Å². The molecule has 1 saturated heterocycles. The lowest BCUT2D eigenvalue weighted by Crippen LogP contribution is -2.11. The zero-order valence-corrected chi connectivity index (χ0v) is 9.15. The summed E-state index contributed by atoms with van der Waals surface area (Å²) in [6.07, 6.45) is 3.97. The van der Waals surface area contributed by atoms with Crippen molar-refractivity contribution in [1.82, 2.24) is 19.5 Å². The van der Waals surface area contributed by atoms with Crippen molar-refractivity contribution in [2.24, 2.45) is 0 Å². The molecule has 0 bridgehead atoms. The average molecular weight is 235 g/mol. The summed E-state index contributed by atoms with van der Waals surface area (Å²) in [5.41, 5.74) is 7.00. The summed E-state index contributed by atoms with van der Waals surface area (Å²) in [6, 6.07) is 0.145. The molecule has 0 radical (unpaired) electrons. The number of rotatable bonds is 2. The minimum Gasteiger partial charge on any atom is -0.394 e. The number of aliphatic hydroxyl groups excluding tert-OH is 1. The lowest BCUT2D eigenvalue weighted by atomic mass is 10.2. The molecule has 0 aliphatic carbocycles. The molecule has 1 aliphatic rings. The van der Waals surface area contributed by atoms with E-state index in [2.05, 4.69) is 15.0 Å². The molecule has 17 heavy (non-hydrogen) atoms. The molecule has 7 nitrogen and oxygen atoms in total. The van der Waals surface area contributed by atoms with Crippen molar-refractivity contribution in [3.05, 3.63) is 12.5 Å². The Labute approximate surface area is 97.3 Å². The molecular formula is C10H13N5O2. The standard InChI is InChI=1S/C10H13N5O2/c11-10-12-2-8-9(14-10)15(5-13-8)6-1-7(3-16)17-4-6/h2,5-7,16H,1,3-4H2,(H2,11,12,14)/t6-,7-/m0/s1. The van der Waals surface area contributed by atoms with Crippen LogP contribution in [0.5, 0.6) is 0 Å². The van der Waals surface area contributed by atoms with Crippen LogP contribution in [0.2, 0.25) is 0 Å². The largest absolute Gasteiger partial charge is 0.394 e. The van der Waals surface area contributed by atoms with Gasteiger partial charge in [0.05, 0.1) is 37.9 Å². The first kappa shape index (κ1) is 10.4. The Balaban J connectivity index is 1.98. The quantitative estimate of drug-likeness (QED) is 0.743. The number of ether oxygens (including phenoxy) is 1. The van der Waals surface area contributed by atoms with E-state index in [1.807, 2.05) is 4.57 Å². The van der Waals surface area contributed by atoms with E-state index >= 15 is 0 Å². The van der Waals surface area contributed by atoms with Crippen LogP contribution in [-0.2, 0) is 4.74 Å². The van der Waals surface area contributed by atoms with E-state index < -0.39 is 0 Å². The molecule has 0 saturated carbocycles. The third-order valence-corrected chi connectivity index (χ3v) is 2.99. The van der Waals surface area contributed by atoms with Gasteiger partial charge in [0.25, 0.3) is 0 Å². The summed E-state index contributed by atoms with van der Waals surface area (Å²) in [7, 11) is 0. The fraction of sp³-hybridized carbons (Fsp3) is 0.500. The first-order chi connectivity index (χ1) is 8.28. The number of nitrogen functional groups attached to an aromatic ring is 1. The Morgan fingerprint density at radius 2 is 2.41 bits per heavy atom. The number of hydrogen-bond donors (Lipinski definition) is 2. The highest BCUT2D eigenvalue weighted by atomic mass is 16.5. The lowest BCUT2D eigenvalue weighted by Gasteiger charge is -2.10. The molecule has 0 unspecified atom stereocenters. The second-order valence-corrected chi connectivity index (χ2v) is 4.12. The predicted molar refractivity (Wildman–Crippen MR) is 60.2 cm³/mol. The van der Waals surface area contributed by atoms with Gasteiger partial charge in [0.15, 0.2) is 5.65 Å². The van der Waals surface area contributed by atoms with Crippen LogP contribution in [0.1, 0.15) is 12.5 Å². The fourth-order valence-corrected chi connectivity index (χ4v) is 2.11. The Bertz CT molecular complexity index is 540. The van der Waals surface area contributed by atoms with E-state index in [0.717, 1.165) is 6.42 Å². The molecule has 1 fully saturated rings. The Morgan fingerprint density at radius 1 is 1.53 bits per heavy atom. The second-order valence-electron chi connectivity index (χ2n) is 4.12. The first-order valence-corrected chi connectivity index (χ1v) is 5.45. The molecule has 0 aromatic carbocycles. The van der Waals surface area contributed by atoms with E-state index in [0.29, 0.717) is 17.8 Å². The summed E-state index contributed by atoms with van der Waals surface area (Å²) in [5.74, 6) is 0.233. The molecule has 0 amide bonds. The van der Waals surface area contributed by atoms with Crippen molar-refractivity contribution >= 4 is 17.1 Å². The SMILES string of the molecule is Nc1ncc2ncn([C@@H]3CO[C@H](CO)C3)c2n1. The average Bonchev–Trinajstić information content (AvgIpc) is 2.93. The highest BCUT2D eigenvalue weighted by Gasteiger charge is 2.27. The van der Waals surface area contributed by atoms with E-state index in [-0.39, 0.29) is 24.7 Å². The van der Waals surface area contributed by atoms with Crippen molar-refractivity contribution in [2.75, 3.05) is 18.9 Å². The third-order valence-electron chi connectivity index (χ3n) is 2.99. The smallest absolute Gasteiger partial charge is 0.222 e. The lowest BCUT2D eigenvalue weighted by molar-refractivity contribution is 0.0576. The topological polar surface area (TPSA) is 99.1 Å². The van der Waals surface area contributed by atoms with E-state index in [4.69, 9.17) is 15.6 Å². The molecule has 3 N–H and O–H groups in total. The molecular weight excluding hydrogens is 222 g/mol. The van der Waals surface area contributed by atoms with Crippen LogP contribution in [0, 0.1) is 0 Å². The minimum atomic E-state index is -0.100. The minimum absolute atomic E-state index is 0.0419. The number of nitrogens with zero attached hydrogens (tertiary/aromatic N) is 4. The maximum Gasteiger partial charge on any atom is 0.222 e. The van der Waals surface area contributed by atoms with Crippen LogP contribution >= 0.6 is 0 Å². The normalized spacial score (nSPS) is 24.5. The molecule has 7 heteroatoms. The molecule has 1 aliphatic heterocycles. The molecule has 90 valence electrons. The van der Waals surface area contributed by atoms with Crippen LogP contribution in [0.3, 0.4) is 0 Å². The zero-order chi connectivity index (χ0) is 11.8. The Hall–Kier alpha value is -1.73. The van der Waals surface area contributed by atoms with Gasteiger partial charge in [-0.15, -0.1) is 0 Å². The number of aliphatic hydroxyl groups is 1. The van der Waals surface area contributed by atoms with Crippen LogP contribution in [-0.4, -0.2) is 43.9 Å². The second kappa shape index (κ2) is 3.94. The predicted octanol–water partition coefficient (Wildman–Crippen LogP) is -0.269. The highest BCUT2D eigenvalue weighted by molar-refractivity contribution is 5.70. The third kappa shape index (κ3) is 1.73. The Morgan fingerprint density at radius 3 is 3.18 bits per heavy atom. The maximum absolute atomic E-state index is 9.04. The van der Waals surface area contributed by atoms with Gasteiger partial charge in [0, 0.05) is 0 Å². The van der Waals surface area contributed by atoms with Crippen LogP contribution in [0.4, 0.5) is 5.95 Å².